The molecule has 12 nitrogen and oxygen atoms in total. The van der Waals surface area contributed by atoms with Crippen LogP contribution in [0, 0.1) is 0 Å². The van der Waals surface area contributed by atoms with E-state index in [-0.39, 0.29) is 0 Å². The summed E-state index contributed by atoms with van der Waals surface area (Å²) in [4.78, 5) is 20.4. The van der Waals surface area contributed by atoms with E-state index in [1.54, 1.807) is 25.4 Å². The lowest BCUT2D eigenvalue weighted by molar-refractivity contribution is 0.414. The van der Waals surface area contributed by atoms with E-state index in [0.717, 1.165) is 65.6 Å². The second-order valence-corrected chi connectivity index (χ2v) is 13.5. The number of unbranched alkanes of at least 4 members (excludes halogenated alkanes) is 3. The molecule has 0 spiro atoms. The summed E-state index contributed by atoms with van der Waals surface area (Å²) in [6.07, 6.45) is 5.95. The van der Waals surface area contributed by atoms with E-state index in [1.165, 1.54) is 0 Å². The average molecular weight is 684 g/mol. The van der Waals surface area contributed by atoms with E-state index >= 15 is 0 Å². The van der Waals surface area contributed by atoms with Gasteiger partial charge in [-0.15, -0.1) is 0 Å². The predicted molar refractivity (Wildman–Crippen MR) is 197 cm³/mol. The molecule has 2 aromatic heterocycles. The van der Waals surface area contributed by atoms with E-state index in [2.05, 4.69) is 40.6 Å². The van der Waals surface area contributed by atoms with E-state index in [9.17, 15) is 8.42 Å². The fourth-order valence-corrected chi connectivity index (χ4v) is 6.70. The Morgan fingerprint density at radius 3 is 2.14 bits per heavy atom. The Bertz CT molecular complexity index is 1910. The smallest absolute Gasteiger partial charge is 0.241 e. The van der Waals surface area contributed by atoms with Crippen molar-refractivity contribution < 1.29 is 13.2 Å². The van der Waals surface area contributed by atoms with Crippen molar-refractivity contribution in [2.45, 2.75) is 43.5 Å². The van der Waals surface area contributed by atoms with Gasteiger partial charge >= 0.3 is 0 Å². The molecule has 49 heavy (non-hydrogen) atoms. The topological polar surface area (TPSA) is 146 Å². The summed E-state index contributed by atoms with van der Waals surface area (Å²) in [5.74, 6) is 2.19. The third kappa shape index (κ3) is 10.2. The second kappa shape index (κ2) is 17.4. The second-order valence-electron chi connectivity index (χ2n) is 11.8. The van der Waals surface area contributed by atoms with Crippen LogP contribution < -0.4 is 30.3 Å². The molecule has 0 radical (unpaired) electrons. The molecule has 2 heterocycles. The van der Waals surface area contributed by atoms with Gasteiger partial charge < -0.3 is 25.6 Å². The zero-order chi connectivity index (χ0) is 34.5. The summed E-state index contributed by atoms with van der Waals surface area (Å²) in [5, 5.41) is 11.6. The van der Waals surface area contributed by atoms with Gasteiger partial charge in [-0.2, -0.15) is 15.0 Å². The zero-order valence-electron chi connectivity index (χ0n) is 28.3. The van der Waals surface area contributed by atoms with E-state index in [0.29, 0.717) is 48.9 Å². The number of methoxy groups -OCH3 is 1. The maximum atomic E-state index is 13.2. The predicted octanol–water partition coefficient (Wildman–Crippen LogP) is 5.71. The number of anilines is 4. The molecule has 258 valence electrons. The minimum Gasteiger partial charge on any atom is -0.497 e. The Labute approximate surface area is 288 Å². The van der Waals surface area contributed by atoms with Crippen LogP contribution in [-0.4, -0.2) is 69.2 Å². The SMILES string of the molecule is COc1cccc(CNc2nc(NCCCCCCNS(=O)(=O)c3cccc4c(N(C)C)cccc34)nc(NCCc3ccccn3)n2)c1. The van der Waals surface area contributed by atoms with Crippen LogP contribution in [0.1, 0.15) is 36.9 Å². The van der Waals surface area contributed by atoms with E-state index in [1.807, 2.05) is 85.7 Å². The fraction of sp³-hybridized carbons (Fsp3) is 0.333. The molecule has 3 aromatic carbocycles. The fourth-order valence-electron chi connectivity index (χ4n) is 5.40. The lowest BCUT2D eigenvalue weighted by Crippen LogP contribution is -2.25. The summed E-state index contributed by atoms with van der Waals surface area (Å²) in [6, 6.07) is 24.8. The van der Waals surface area contributed by atoms with Crippen molar-refractivity contribution in [2.24, 2.45) is 0 Å². The van der Waals surface area contributed by atoms with Gasteiger partial charge in [-0.25, -0.2) is 13.1 Å². The van der Waals surface area contributed by atoms with Gasteiger partial charge in [-0.1, -0.05) is 55.3 Å². The van der Waals surface area contributed by atoms with Crippen molar-refractivity contribution in [3.63, 3.8) is 0 Å². The normalized spacial score (nSPS) is 11.3. The Kier molecular flexibility index (Phi) is 12.5. The van der Waals surface area contributed by atoms with Gasteiger partial charge in [0.1, 0.15) is 5.75 Å². The van der Waals surface area contributed by atoms with Crippen molar-refractivity contribution in [3.8, 4) is 5.75 Å². The Morgan fingerprint density at radius 1 is 0.714 bits per heavy atom. The average Bonchev–Trinajstić information content (AvgIpc) is 3.11. The van der Waals surface area contributed by atoms with Crippen LogP contribution >= 0.6 is 0 Å². The first kappa shape index (κ1) is 35.3. The van der Waals surface area contributed by atoms with Crippen molar-refractivity contribution in [1.29, 1.82) is 0 Å². The van der Waals surface area contributed by atoms with Crippen molar-refractivity contribution in [2.75, 3.05) is 61.7 Å². The molecule has 5 aromatic rings. The highest BCUT2D eigenvalue weighted by molar-refractivity contribution is 7.89. The zero-order valence-corrected chi connectivity index (χ0v) is 29.1. The highest BCUT2D eigenvalue weighted by Crippen LogP contribution is 2.30. The lowest BCUT2D eigenvalue weighted by Gasteiger charge is -2.17. The number of benzene rings is 3. The number of ether oxygens (including phenoxy) is 1. The minimum atomic E-state index is -3.64. The quantitative estimate of drug-likeness (QED) is 0.0794. The molecular weight excluding hydrogens is 639 g/mol. The maximum Gasteiger partial charge on any atom is 0.241 e. The largest absolute Gasteiger partial charge is 0.497 e. The van der Waals surface area contributed by atoms with Crippen LogP contribution in [0.3, 0.4) is 0 Å². The molecular formula is C36H45N9O3S. The Balaban J connectivity index is 1.10. The summed E-state index contributed by atoms with van der Waals surface area (Å²) in [7, 11) is 1.91. The van der Waals surface area contributed by atoms with Gasteiger partial charge in [0.2, 0.25) is 27.9 Å². The number of nitrogens with one attached hydrogen (secondary N) is 4. The molecule has 0 aliphatic heterocycles. The van der Waals surface area contributed by atoms with Crippen molar-refractivity contribution in [3.05, 3.63) is 96.3 Å². The Hall–Kier alpha value is -5.01. The molecule has 0 atom stereocenters. The van der Waals surface area contributed by atoms with Gasteiger partial charge in [0, 0.05) is 75.0 Å². The molecule has 0 aliphatic rings. The van der Waals surface area contributed by atoms with Crippen molar-refractivity contribution in [1.82, 2.24) is 24.7 Å². The number of nitrogens with zero attached hydrogens (tertiary/aromatic N) is 5. The first-order chi connectivity index (χ1) is 23.8. The summed E-state index contributed by atoms with van der Waals surface area (Å²) in [6.45, 7) is 2.19. The molecule has 4 N–H and O–H groups in total. The first-order valence-electron chi connectivity index (χ1n) is 16.5. The number of rotatable bonds is 19. The van der Waals surface area contributed by atoms with Crippen LogP contribution in [0.4, 0.5) is 23.5 Å². The van der Waals surface area contributed by atoms with Gasteiger partial charge in [0.15, 0.2) is 0 Å². The molecule has 0 unspecified atom stereocenters. The van der Waals surface area contributed by atoms with Crippen LogP contribution in [0.25, 0.3) is 10.8 Å². The highest BCUT2D eigenvalue weighted by atomic mass is 32.2. The number of fused-ring (bicyclic) bond motifs is 1. The van der Waals surface area contributed by atoms with Crippen LogP contribution in [-0.2, 0) is 23.0 Å². The number of hydrogen-bond acceptors (Lipinski definition) is 11. The summed E-state index contributed by atoms with van der Waals surface area (Å²) in [5.41, 5.74) is 3.00. The number of pyridine rings is 1. The molecule has 0 saturated heterocycles. The van der Waals surface area contributed by atoms with Gasteiger partial charge in [-0.05, 0) is 54.8 Å². The van der Waals surface area contributed by atoms with Crippen molar-refractivity contribution >= 4 is 44.3 Å². The standard InChI is InChI=1S/C36H45N9O3S/c1-45(2)32-18-11-17-31-30(32)16-12-19-33(31)49(46,47)41-23-8-5-4-7-22-38-34-42-35(39-24-20-28-14-6-9-21-37-28)44-36(43-34)40-26-27-13-10-15-29(25-27)48-3/h6,9-19,21,25,41H,4-5,7-8,20,22-24,26H2,1-3H3,(H3,38,39,40,42,43,44). The van der Waals surface area contributed by atoms with Crippen LogP contribution in [0.2, 0.25) is 0 Å². The number of aromatic nitrogens is 4. The van der Waals surface area contributed by atoms with E-state index in [4.69, 9.17) is 4.74 Å². The monoisotopic (exact) mass is 683 g/mol. The Morgan fingerprint density at radius 2 is 1.41 bits per heavy atom. The third-order valence-electron chi connectivity index (χ3n) is 7.92. The molecule has 0 saturated carbocycles. The summed E-state index contributed by atoms with van der Waals surface area (Å²) >= 11 is 0. The maximum absolute atomic E-state index is 13.2. The van der Waals surface area contributed by atoms with Gasteiger partial charge in [0.25, 0.3) is 0 Å². The highest BCUT2D eigenvalue weighted by Gasteiger charge is 2.18. The summed E-state index contributed by atoms with van der Waals surface area (Å²) < 4.78 is 34.5. The first-order valence-corrected chi connectivity index (χ1v) is 18.0. The number of sulfonamides is 1. The lowest BCUT2D eigenvalue weighted by atomic mass is 10.1. The minimum absolute atomic E-state index is 0.304. The molecule has 13 heteroatoms. The number of hydrogen-bond donors (Lipinski definition) is 4. The van der Waals surface area contributed by atoms with Gasteiger partial charge in [-0.3, -0.25) is 4.98 Å². The van der Waals surface area contributed by atoms with Crippen LogP contribution in [0.5, 0.6) is 5.75 Å². The molecule has 0 amide bonds. The third-order valence-corrected chi connectivity index (χ3v) is 9.44. The molecule has 0 aliphatic carbocycles. The van der Waals surface area contributed by atoms with Crippen LogP contribution in [0.15, 0.2) is 90.0 Å². The molecule has 0 fully saturated rings. The molecule has 5 rings (SSSR count). The molecule has 0 bridgehead atoms. The van der Waals surface area contributed by atoms with E-state index < -0.39 is 10.0 Å². The van der Waals surface area contributed by atoms with Gasteiger partial charge in [0.05, 0.1) is 12.0 Å².